The van der Waals surface area contributed by atoms with Gasteiger partial charge in [-0.2, -0.15) is 0 Å². The summed E-state index contributed by atoms with van der Waals surface area (Å²) in [5.74, 6) is 0.592. The van der Waals surface area contributed by atoms with Gasteiger partial charge in [-0.1, -0.05) is 28.1 Å². The van der Waals surface area contributed by atoms with E-state index in [9.17, 15) is 4.79 Å². The van der Waals surface area contributed by atoms with Gasteiger partial charge in [0.25, 0.3) is 0 Å². The smallest absolute Gasteiger partial charge is 0.305 e. The zero-order valence-electron chi connectivity index (χ0n) is 10.9. The predicted octanol–water partition coefficient (Wildman–Crippen LogP) is 3.72. The fraction of sp³-hybridized carbons (Fsp3) is 0.267. The number of esters is 1. The summed E-state index contributed by atoms with van der Waals surface area (Å²) in [6.45, 7) is 0. The van der Waals surface area contributed by atoms with Crippen molar-refractivity contribution >= 4 is 32.7 Å². The van der Waals surface area contributed by atoms with E-state index in [4.69, 9.17) is 4.74 Å². The van der Waals surface area contributed by atoms with Crippen molar-refractivity contribution in [3.05, 3.63) is 40.4 Å². The summed E-state index contributed by atoms with van der Waals surface area (Å²) in [6.07, 6.45) is 0.955. The number of methoxy groups -OCH3 is 2. The van der Waals surface area contributed by atoms with Gasteiger partial charge in [0.2, 0.25) is 0 Å². The first-order valence-electron chi connectivity index (χ1n) is 5.97. The monoisotopic (exact) mass is 322 g/mol. The molecular formula is C15H15BrO3. The second-order valence-electron chi connectivity index (χ2n) is 4.19. The van der Waals surface area contributed by atoms with Crippen LogP contribution in [0.1, 0.15) is 12.0 Å². The number of carbonyl (C=O) groups is 1. The first-order valence-corrected chi connectivity index (χ1v) is 6.77. The Balaban J connectivity index is 2.45. The summed E-state index contributed by atoms with van der Waals surface area (Å²) >= 11 is 3.46. The highest BCUT2D eigenvalue weighted by Gasteiger charge is 2.11. The Bertz CT molecular complexity index is 608. The summed E-state index contributed by atoms with van der Waals surface area (Å²) in [5, 5.41) is 2.22. The minimum Gasteiger partial charge on any atom is -0.496 e. The molecule has 0 radical (unpaired) electrons. The maximum absolute atomic E-state index is 11.3. The van der Waals surface area contributed by atoms with Crippen LogP contribution < -0.4 is 4.74 Å². The summed E-state index contributed by atoms with van der Waals surface area (Å²) in [4.78, 5) is 11.3. The number of benzene rings is 2. The van der Waals surface area contributed by atoms with Crippen LogP contribution in [0.5, 0.6) is 5.75 Å². The van der Waals surface area contributed by atoms with E-state index in [1.54, 1.807) is 7.11 Å². The molecule has 2 rings (SSSR count). The van der Waals surface area contributed by atoms with E-state index in [0.717, 1.165) is 26.6 Å². The highest BCUT2D eigenvalue weighted by Crippen LogP contribution is 2.30. The van der Waals surface area contributed by atoms with Crippen LogP contribution in [0.15, 0.2) is 34.8 Å². The largest absolute Gasteiger partial charge is 0.496 e. The Morgan fingerprint density at radius 3 is 2.68 bits per heavy atom. The maximum atomic E-state index is 11.3. The van der Waals surface area contributed by atoms with Crippen LogP contribution in [0.3, 0.4) is 0 Å². The highest BCUT2D eigenvalue weighted by molar-refractivity contribution is 9.10. The van der Waals surface area contributed by atoms with Crippen LogP contribution in [-0.2, 0) is 16.0 Å². The van der Waals surface area contributed by atoms with Crippen molar-refractivity contribution in [3.63, 3.8) is 0 Å². The maximum Gasteiger partial charge on any atom is 0.305 e. The van der Waals surface area contributed by atoms with Gasteiger partial charge in [0.05, 0.1) is 14.2 Å². The van der Waals surface area contributed by atoms with Crippen LogP contribution in [0.4, 0.5) is 0 Å². The molecule has 0 fully saturated rings. The molecule has 0 aliphatic rings. The molecule has 0 aliphatic heterocycles. The first-order chi connectivity index (χ1) is 9.15. The lowest BCUT2D eigenvalue weighted by Crippen LogP contribution is -2.03. The number of hydrogen-bond acceptors (Lipinski definition) is 3. The third kappa shape index (κ3) is 3.07. The molecule has 0 spiro atoms. The fourth-order valence-corrected chi connectivity index (χ4v) is 2.50. The number of hydrogen-bond donors (Lipinski definition) is 0. The van der Waals surface area contributed by atoms with Gasteiger partial charge in [0.1, 0.15) is 5.75 Å². The Morgan fingerprint density at radius 2 is 2.00 bits per heavy atom. The van der Waals surface area contributed by atoms with Gasteiger partial charge in [0, 0.05) is 16.5 Å². The van der Waals surface area contributed by atoms with Crippen molar-refractivity contribution in [1.82, 2.24) is 0 Å². The molecular weight excluding hydrogens is 308 g/mol. The molecule has 3 nitrogen and oxygen atoms in total. The molecule has 0 amide bonds. The molecule has 0 aliphatic carbocycles. The first kappa shape index (κ1) is 13.9. The van der Waals surface area contributed by atoms with Gasteiger partial charge in [-0.15, -0.1) is 0 Å². The van der Waals surface area contributed by atoms with Crippen molar-refractivity contribution in [2.75, 3.05) is 14.2 Å². The topological polar surface area (TPSA) is 35.5 Å². The van der Waals surface area contributed by atoms with Crippen molar-refractivity contribution < 1.29 is 14.3 Å². The average molecular weight is 323 g/mol. The van der Waals surface area contributed by atoms with Gasteiger partial charge in [-0.05, 0) is 35.4 Å². The molecule has 0 heterocycles. The third-order valence-corrected chi connectivity index (χ3v) is 3.57. The molecule has 0 bridgehead atoms. The van der Waals surface area contributed by atoms with Gasteiger partial charge >= 0.3 is 5.97 Å². The molecule has 0 atom stereocenters. The Hall–Kier alpha value is -1.55. The minimum absolute atomic E-state index is 0.212. The molecule has 19 heavy (non-hydrogen) atoms. The van der Waals surface area contributed by atoms with E-state index in [0.29, 0.717) is 12.8 Å². The Kier molecular flexibility index (Phi) is 4.43. The Labute approximate surface area is 120 Å². The molecule has 0 saturated carbocycles. The number of fused-ring (bicyclic) bond motifs is 1. The van der Waals surface area contributed by atoms with Crippen LogP contribution in [-0.4, -0.2) is 20.2 Å². The highest BCUT2D eigenvalue weighted by atomic mass is 79.9. The van der Waals surface area contributed by atoms with Crippen molar-refractivity contribution in [2.45, 2.75) is 12.8 Å². The zero-order valence-corrected chi connectivity index (χ0v) is 12.5. The van der Waals surface area contributed by atoms with Crippen LogP contribution >= 0.6 is 15.9 Å². The molecule has 0 saturated heterocycles. The van der Waals surface area contributed by atoms with Gasteiger partial charge in [-0.25, -0.2) is 0 Å². The van der Waals surface area contributed by atoms with E-state index in [1.165, 1.54) is 7.11 Å². The average Bonchev–Trinajstić information content (AvgIpc) is 2.43. The van der Waals surface area contributed by atoms with Gasteiger partial charge in [-0.3, -0.25) is 4.79 Å². The SMILES string of the molecule is COC(=O)CCc1c(OC)ccc2cc(Br)ccc12. The minimum atomic E-state index is -0.212. The van der Waals surface area contributed by atoms with Gasteiger partial charge < -0.3 is 9.47 Å². The van der Waals surface area contributed by atoms with Crippen LogP contribution in [0.2, 0.25) is 0 Å². The molecule has 4 heteroatoms. The van der Waals surface area contributed by atoms with E-state index in [2.05, 4.69) is 26.7 Å². The van der Waals surface area contributed by atoms with Crippen molar-refractivity contribution in [2.24, 2.45) is 0 Å². The number of ether oxygens (including phenoxy) is 2. The second-order valence-corrected chi connectivity index (χ2v) is 5.10. The van der Waals surface area contributed by atoms with Crippen molar-refractivity contribution in [1.29, 1.82) is 0 Å². The molecule has 2 aromatic carbocycles. The summed E-state index contributed by atoms with van der Waals surface area (Å²) in [6, 6.07) is 10.0. The summed E-state index contributed by atoms with van der Waals surface area (Å²) < 4.78 is 11.1. The molecule has 2 aromatic rings. The standard InChI is InChI=1S/C15H15BrO3/c1-18-14-7-3-10-9-11(16)4-5-12(10)13(14)6-8-15(17)19-2/h3-5,7,9H,6,8H2,1-2H3. The lowest BCUT2D eigenvalue weighted by atomic mass is 10.00. The second kappa shape index (κ2) is 6.06. The molecule has 0 aromatic heterocycles. The Morgan fingerprint density at radius 1 is 1.21 bits per heavy atom. The number of rotatable bonds is 4. The van der Waals surface area contributed by atoms with Crippen molar-refractivity contribution in [3.8, 4) is 5.75 Å². The molecule has 0 N–H and O–H groups in total. The third-order valence-electron chi connectivity index (χ3n) is 3.08. The molecule has 100 valence electrons. The molecule has 0 unspecified atom stereocenters. The van der Waals surface area contributed by atoms with Crippen LogP contribution in [0, 0.1) is 0 Å². The summed E-state index contributed by atoms with van der Waals surface area (Å²) in [5.41, 5.74) is 1.04. The number of carbonyl (C=O) groups excluding carboxylic acids is 1. The zero-order chi connectivity index (χ0) is 13.8. The summed E-state index contributed by atoms with van der Waals surface area (Å²) in [7, 11) is 3.04. The normalized spacial score (nSPS) is 10.5. The van der Waals surface area contributed by atoms with E-state index in [1.807, 2.05) is 24.3 Å². The quantitative estimate of drug-likeness (QED) is 0.805. The lowest BCUT2D eigenvalue weighted by Gasteiger charge is -2.12. The predicted molar refractivity (Wildman–Crippen MR) is 78.5 cm³/mol. The number of halogens is 1. The van der Waals surface area contributed by atoms with E-state index in [-0.39, 0.29) is 5.97 Å². The van der Waals surface area contributed by atoms with E-state index < -0.39 is 0 Å². The fourth-order valence-electron chi connectivity index (χ4n) is 2.12. The number of aryl methyl sites for hydroxylation is 1. The van der Waals surface area contributed by atoms with Crippen LogP contribution in [0.25, 0.3) is 10.8 Å². The lowest BCUT2D eigenvalue weighted by molar-refractivity contribution is -0.140. The van der Waals surface area contributed by atoms with E-state index >= 15 is 0 Å². The van der Waals surface area contributed by atoms with Gasteiger partial charge in [0.15, 0.2) is 0 Å².